The van der Waals surface area contributed by atoms with Crippen molar-refractivity contribution in [2.45, 2.75) is 0 Å². The van der Waals surface area contributed by atoms with Crippen molar-refractivity contribution < 1.29 is 0 Å². The molecule has 4 aromatic heterocycles. The van der Waals surface area contributed by atoms with Crippen LogP contribution >= 0.6 is 22.7 Å². The highest BCUT2D eigenvalue weighted by molar-refractivity contribution is 7.26. The fourth-order valence-electron chi connectivity index (χ4n) is 7.44. The zero-order valence-electron chi connectivity index (χ0n) is 23.8. The summed E-state index contributed by atoms with van der Waals surface area (Å²) in [5, 5.41) is 11.4. The van der Waals surface area contributed by atoms with E-state index in [1.807, 2.05) is 22.7 Å². The van der Waals surface area contributed by atoms with Crippen LogP contribution in [0.15, 0.2) is 127 Å². The monoisotopic (exact) mass is 607 g/mol. The normalized spacial score (nSPS) is 12.4. The van der Waals surface area contributed by atoms with E-state index >= 15 is 0 Å². The van der Waals surface area contributed by atoms with Crippen molar-refractivity contribution in [2.24, 2.45) is 0 Å². The second-order valence-electron chi connectivity index (χ2n) is 11.8. The lowest BCUT2D eigenvalue weighted by atomic mass is 10.00. The van der Waals surface area contributed by atoms with Gasteiger partial charge in [0.1, 0.15) is 0 Å². The Bertz CT molecular complexity index is 2890. The molecule has 0 unspecified atom stereocenters. The summed E-state index contributed by atoms with van der Waals surface area (Å²) in [6.07, 6.45) is 0. The van der Waals surface area contributed by atoms with E-state index in [1.165, 1.54) is 61.9 Å². The number of para-hydroxylation sites is 1. The zero-order chi connectivity index (χ0) is 29.2. The summed E-state index contributed by atoms with van der Waals surface area (Å²) in [5.41, 5.74) is 5.27. The number of fused-ring (bicyclic) bond motifs is 4. The molecular weight excluding hydrogens is 587 g/mol. The summed E-state index contributed by atoms with van der Waals surface area (Å²) in [5.74, 6) is 0.696. The van der Waals surface area contributed by atoms with Gasteiger partial charge in [-0.2, -0.15) is 0 Å². The van der Waals surface area contributed by atoms with Crippen molar-refractivity contribution >= 4 is 106 Å². The molecule has 0 amide bonds. The van der Waals surface area contributed by atoms with Gasteiger partial charge in [-0.25, -0.2) is 9.97 Å². The Morgan fingerprint density at radius 3 is 1.82 bits per heavy atom. The van der Waals surface area contributed by atoms with Crippen molar-refractivity contribution in [3.05, 3.63) is 127 Å². The lowest BCUT2D eigenvalue weighted by Gasteiger charge is -2.12. The van der Waals surface area contributed by atoms with E-state index in [0.29, 0.717) is 5.95 Å². The molecule has 4 heterocycles. The molecule has 11 aromatic rings. The van der Waals surface area contributed by atoms with Crippen LogP contribution in [0.25, 0.3) is 101 Å². The van der Waals surface area contributed by atoms with Crippen LogP contribution in [-0.2, 0) is 0 Å². The molecule has 0 N–H and O–H groups in total. The standard InChI is InChI=1S/C40H21N3S2/c1-3-11-28-27(10-1)39(24-15-18-26-25-9-2-4-12-31(25)44-34(26)21-24)42-40(41-28)43-29-19-16-22-7-5-13-32-35(22)37(29)38-30(43)20-17-23-8-6-14-33(45-32)36(23)38/h1-21H. The Labute approximate surface area is 264 Å². The number of aromatic nitrogens is 3. The summed E-state index contributed by atoms with van der Waals surface area (Å²) < 4.78 is 7.45. The van der Waals surface area contributed by atoms with Gasteiger partial charge >= 0.3 is 0 Å². The van der Waals surface area contributed by atoms with Gasteiger partial charge in [0, 0.05) is 62.1 Å². The molecule has 45 heavy (non-hydrogen) atoms. The first-order valence-corrected chi connectivity index (χ1v) is 16.7. The Morgan fingerprint density at radius 1 is 0.444 bits per heavy atom. The Morgan fingerprint density at radius 2 is 1.07 bits per heavy atom. The molecule has 0 saturated heterocycles. The first-order chi connectivity index (χ1) is 22.3. The molecule has 208 valence electrons. The van der Waals surface area contributed by atoms with Gasteiger partial charge in [-0.15, -0.1) is 22.7 Å². The maximum atomic E-state index is 5.42. The van der Waals surface area contributed by atoms with Crippen LogP contribution in [-0.4, -0.2) is 14.5 Å². The van der Waals surface area contributed by atoms with Crippen molar-refractivity contribution in [1.29, 1.82) is 0 Å². The molecule has 0 spiro atoms. The number of rotatable bonds is 2. The third kappa shape index (κ3) is 3.18. The number of nitrogens with zero attached hydrogens (tertiary/aromatic N) is 3. The second-order valence-corrected chi connectivity index (χ2v) is 13.9. The lowest BCUT2D eigenvalue weighted by Crippen LogP contribution is -2.03. The summed E-state index contributed by atoms with van der Waals surface area (Å²) in [6, 6.07) is 46.2. The molecule has 0 aliphatic rings. The SMILES string of the molecule is c1ccc2c(-c3ccc4c(c3)sc3ccccc34)nc(-n3c4ccc5cccc6sc7cccc8ccc3c(c87)c4c56)nc2c1. The van der Waals surface area contributed by atoms with Crippen molar-refractivity contribution in [3.63, 3.8) is 0 Å². The van der Waals surface area contributed by atoms with Crippen LogP contribution in [0.2, 0.25) is 0 Å². The predicted molar refractivity (Wildman–Crippen MR) is 194 cm³/mol. The molecule has 0 radical (unpaired) electrons. The molecule has 0 saturated carbocycles. The summed E-state index contributed by atoms with van der Waals surface area (Å²) in [6.45, 7) is 0. The fourth-order valence-corrected chi connectivity index (χ4v) is 9.76. The van der Waals surface area contributed by atoms with Gasteiger partial charge in [0.15, 0.2) is 0 Å². The van der Waals surface area contributed by atoms with Crippen LogP contribution < -0.4 is 0 Å². The zero-order valence-corrected chi connectivity index (χ0v) is 25.4. The molecule has 11 rings (SSSR count). The second kappa shape index (κ2) is 8.63. The number of benzene rings is 7. The molecule has 5 heteroatoms. The third-order valence-electron chi connectivity index (χ3n) is 9.37. The molecule has 0 aliphatic carbocycles. The Balaban J connectivity index is 1.28. The summed E-state index contributed by atoms with van der Waals surface area (Å²) in [4.78, 5) is 10.7. The highest BCUT2D eigenvalue weighted by Gasteiger charge is 2.22. The van der Waals surface area contributed by atoms with Gasteiger partial charge < -0.3 is 0 Å². The van der Waals surface area contributed by atoms with E-state index < -0.39 is 0 Å². The van der Waals surface area contributed by atoms with Gasteiger partial charge in [0.05, 0.1) is 22.2 Å². The van der Waals surface area contributed by atoms with Crippen LogP contribution in [0.5, 0.6) is 0 Å². The Hall–Kier alpha value is -5.36. The highest BCUT2D eigenvalue weighted by atomic mass is 32.1. The highest BCUT2D eigenvalue weighted by Crippen LogP contribution is 2.46. The number of thiophene rings is 1. The van der Waals surface area contributed by atoms with Crippen molar-refractivity contribution in [3.8, 4) is 17.2 Å². The minimum absolute atomic E-state index is 0.696. The quantitative estimate of drug-likeness (QED) is 0.196. The molecule has 0 bridgehead atoms. The van der Waals surface area contributed by atoms with Gasteiger partial charge in [-0.3, -0.25) is 4.57 Å². The van der Waals surface area contributed by atoms with Crippen molar-refractivity contribution in [1.82, 2.24) is 14.5 Å². The van der Waals surface area contributed by atoms with E-state index in [9.17, 15) is 0 Å². The topological polar surface area (TPSA) is 30.7 Å². The molecule has 0 fully saturated rings. The minimum Gasteiger partial charge on any atom is -0.278 e. The molecule has 0 aliphatic heterocycles. The van der Waals surface area contributed by atoms with Crippen LogP contribution in [0.1, 0.15) is 0 Å². The lowest BCUT2D eigenvalue weighted by molar-refractivity contribution is 1.01. The molecule has 3 nitrogen and oxygen atoms in total. The van der Waals surface area contributed by atoms with Crippen LogP contribution in [0.3, 0.4) is 0 Å². The van der Waals surface area contributed by atoms with Crippen molar-refractivity contribution in [2.75, 3.05) is 0 Å². The minimum atomic E-state index is 0.696. The molecule has 0 atom stereocenters. The largest absolute Gasteiger partial charge is 0.278 e. The van der Waals surface area contributed by atoms with E-state index in [2.05, 4.69) is 132 Å². The average Bonchev–Trinajstić information content (AvgIpc) is 3.58. The van der Waals surface area contributed by atoms with Gasteiger partial charge in [0.25, 0.3) is 0 Å². The fraction of sp³-hybridized carbons (Fsp3) is 0. The smallest absolute Gasteiger partial charge is 0.235 e. The Kier molecular flexibility index (Phi) is 4.61. The predicted octanol–water partition coefficient (Wildman–Crippen LogP) is 11.7. The molecular formula is C40H21N3S2. The van der Waals surface area contributed by atoms with E-state index in [0.717, 1.165) is 33.2 Å². The molecule has 7 aromatic carbocycles. The van der Waals surface area contributed by atoms with Crippen LogP contribution in [0.4, 0.5) is 0 Å². The van der Waals surface area contributed by atoms with Crippen LogP contribution in [0, 0.1) is 0 Å². The van der Waals surface area contributed by atoms with E-state index in [4.69, 9.17) is 9.97 Å². The first kappa shape index (κ1) is 24.0. The maximum Gasteiger partial charge on any atom is 0.235 e. The van der Waals surface area contributed by atoms with Gasteiger partial charge in [-0.1, -0.05) is 84.9 Å². The summed E-state index contributed by atoms with van der Waals surface area (Å²) in [7, 11) is 0. The van der Waals surface area contributed by atoms with E-state index in [-0.39, 0.29) is 0 Å². The average molecular weight is 608 g/mol. The van der Waals surface area contributed by atoms with E-state index in [1.54, 1.807) is 0 Å². The van der Waals surface area contributed by atoms with Gasteiger partial charge in [0.2, 0.25) is 5.95 Å². The number of hydrogen-bond donors (Lipinski definition) is 0. The van der Waals surface area contributed by atoms with Gasteiger partial charge in [-0.05, 0) is 53.2 Å². The maximum absolute atomic E-state index is 5.42. The third-order valence-corrected chi connectivity index (χ3v) is 11.6. The number of hydrogen-bond acceptors (Lipinski definition) is 4. The first-order valence-electron chi connectivity index (χ1n) is 15.1. The summed E-state index contributed by atoms with van der Waals surface area (Å²) >= 11 is 3.72.